The summed E-state index contributed by atoms with van der Waals surface area (Å²) in [6.45, 7) is 0. The van der Waals surface area contributed by atoms with Crippen LogP contribution in [0.1, 0.15) is 0 Å². The molecule has 94 valence electrons. The van der Waals surface area contributed by atoms with Gasteiger partial charge in [-0.15, -0.1) is 0 Å². The molecular formula is C10H7BrClN3O2S. The van der Waals surface area contributed by atoms with E-state index in [1.54, 1.807) is 12.1 Å². The molecule has 0 aromatic carbocycles. The Morgan fingerprint density at radius 1 is 1.28 bits per heavy atom. The Labute approximate surface area is 117 Å². The largest absolute Gasteiger partial charge is 0.266 e. The fourth-order valence-electron chi connectivity index (χ4n) is 1.20. The molecule has 0 saturated carbocycles. The SMILES string of the molecule is O=S(=O)(Nc1ncccc1Br)c1cnccc1Cl. The molecule has 0 fully saturated rings. The van der Waals surface area contributed by atoms with Gasteiger partial charge < -0.3 is 0 Å². The maximum Gasteiger partial charge on any atom is 0.266 e. The Balaban J connectivity index is 2.40. The van der Waals surface area contributed by atoms with Gasteiger partial charge in [-0.3, -0.25) is 9.71 Å². The molecule has 2 heterocycles. The van der Waals surface area contributed by atoms with E-state index in [0.717, 1.165) is 0 Å². The van der Waals surface area contributed by atoms with Crippen LogP contribution in [0.3, 0.4) is 0 Å². The van der Waals surface area contributed by atoms with E-state index in [2.05, 4.69) is 30.6 Å². The number of hydrogen-bond acceptors (Lipinski definition) is 4. The van der Waals surface area contributed by atoms with E-state index in [0.29, 0.717) is 4.47 Å². The third-order valence-electron chi connectivity index (χ3n) is 2.01. The molecule has 0 bridgehead atoms. The second kappa shape index (κ2) is 5.21. The summed E-state index contributed by atoms with van der Waals surface area (Å²) in [5.74, 6) is 0.192. The zero-order valence-electron chi connectivity index (χ0n) is 8.84. The molecule has 0 amide bonds. The molecule has 5 nitrogen and oxygen atoms in total. The maximum absolute atomic E-state index is 12.1. The van der Waals surface area contributed by atoms with Crippen LogP contribution >= 0.6 is 27.5 Å². The molecule has 0 aliphatic heterocycles. The number of hydrogen-bond donors (Lipinski definition) is 1. The first-order chi connectivity index (χ1) is 8.50. The van der Waals surface area contributed by atoms with Crippen molar-refractivity contribution in [1.82, 2.24) is 9.97 Å². The molecule has 0 spiro atoms. The fourth-order valence-corrected chi connectivity index (χ4v) is 3.15. The molecule has 8 heteroatoms. The van der Waals surface area contributed by atoms with Gasteiger partial charge in [0.2, 0.25) is 0 Å². The minimum Gasteiger partial charge on any atom is -0.263 e. The van der Waals surface area contributed by atoms with Gasteiger partial charge in [-0.05, 0) is 34.1 Å². The third-order valence-corrected chi connectivity index (χ3v) is 4.46. The van der Waals surface area contributed by atoms with E-state index < -0.39 is 10.0 Å². The Bertz CT molecular complexity index is 678. The average Bonchev–Trinajstić information content (AvgIpc) is 2.32. The summed E-state index contributed by atoms with van der Waals surface area (Å²) in [4.78, 5) is 7.56. The average molecular weight is 349 g/mol. The minimum atomic E-state index is -3.80. The predicted molar refractivity (Wildman–Crippen MR) is 72.0 cm³/mol. The van der Waals surface area contributed by atoms with Gasteiger partial charge in [0.1, 0.15) is 4.90 Å². The first-order valence-electron chi connectivity index (χ1n) is 4.73. The van der Waals surface area contributed by atoms with E-state index in [1.807, 2.05) is 0 Å². The van der Waals surface area contributed by atoms with Crippen molar-refractivity contribution in [2.45, 2.75) is 4.90 Å². The molecule has 2 aromatic heterocycles. The van der Waals surface area contributed by atoms with Gasteiger partial charge in [0.15, 0.2) is 5.82 Å². The number of aromatic nitrogens is 2. The smallest absolute Gasteiger partial charge is 0.263 e. The standard InChI is InChI=1S/C10H7BrClN3O2S/c11-7-2-1-4-14-10(7)15-18(16,17)9-6-13-5-3-8(9)12/h1-6H,(H,14,15). The normalized spacial score (nSPS) is 11.2. The molecule has 0 saturated heterocycles. The summed E-state index contributed by atoms with van der Waals surface area (Å²) in [5, 5.41) is 0.101. The van der Waals surface area contributed by atoms with Crippen LogP contribution < -0.4 is 4.72 Å². The highest BCUT2D eigenvalue weighted by Gasteiger charge is 2.19. The topological polar surface area (TPSA) is 72.0 Å². The summed E-state index contributed by atoms with van der Waals surface area (Å²) < 4.78 is 27.0. The van der Waals surface area contributed by atoms with Gasteiger partial charge in [-0.25, -0.2) is 13.4 Å². The van der Waals surface area contributed by atoms with Crippen molar-refractivity contribution < 1.29 is 8.42 Å². The molecule has 18 heavy (non-hydrogen) atoms. The molecule has 0 unspecified atom stereocenters. The van der Waals surface area contributed by atoms with E-state index in [-0.39, 0.29) is 15.7 Å². The molecule has 0 aliphatic carbocycles. The van der Waals surface area contributed by atoms with Crippen LogP contribution in [-0.2, 0) is 10.0 Å². The van der Waals surface area contributed by atoms with E-state index in [9.17, 15) is 8.42 Å². The number of nitrogens with one attached hydrogen (secondary N) is 1. The number of nitrogens with zero attached hydrogens (tertiary/aromatic N) is 2. The second-order valence-corrected chi connectivity index (χ2v) is 6.16. The Kier molecular flexibility index (Phi) is 3.84. The van der Waals surface area contributed by atoms with Gasteiger partial charge in [-0.2, -0.15) is 0 Å². The number of sulfonamides is 1. The van der Waals surface area contributed by atoms with Crippen LogP contribution in [0, 0.1) is 0 Å². The van der Waals surface area contributed by atoms with Crippen molar-refractivity contribution in [3.05, 3.63) is 46.3 Å². The lowest BCUT2D eigenvalue weighted by atomic mass is 10.5. The van der Waals surface area contributed by atoms with Crippen molar-refractivity contribution in [2.75, 3.05) is 4.72 Å². The van der Waals surface area contributed by atoms with Crippen LogP contribution in [0.25, 0.3) is 0 Å². The summed E-state index contributed by atoms with van der Waals surface area (Å²) >= 11 is 9.03. The first kappa shape index (κ1) is 13.3. The number of anilines is 1. The van der Waals surface area contributed by atoms with E-state index in [1.165, 1.54) is 24.7 Å². The molecular weight excluding hydrogens is 342 g/mol. The highest BCUT2D eigenvalue weighted by Crippen LogP contribution is 2.25. The summed E-state index contributed by atoms with van der Waals surface area (Å²) in [6.07, 6.45) is 4.08. The van der Waals surface area contributed by atoms with Gasteiger partial charge in [0.05, 0.1) is 9.50 Å². The van der Waals surface area contributed by atoms with Crippen molar-refractivity contribution in [2.24, 2.45) is 0 Å². The summed E-state index contributed by atoms with van der Waals surface area (Å²) in [6, 6.07) is 4.76. The zero-order valence-corrected chi connectivity index (χ0v) is 12.0. The maximum atomic E-state index is 12.1. The van der Waals surface area contributed by atoms with Crippen molar-refractivity contribution >= 4 is 43.4 Å². The molecule has 2 aromatic rings. The molecule has 2 rings (SSSR count). The Morgan fingerprint density at radius 2 is 2.06 bits per heavy atom. The number of pyridine rings is 2. The third kappa shape index (κ3) is 2.80. The zero-order chi connectivity index (χ0) is 13.2. The predicted octanol–water partition coefficient (Wildman–Crippen LogP) is 2.69. The van der Waals surface area contributed by atoms with Crippen molar-refractivity contribution in [3.8, 4) is 0 Å². The number of rotatable bonds is 3. The Morgan fingerprint density at radius 3 is 2.72 bits per heavy atom. The van der Waals surface area contributed by atoms with Crippen molar-refractivity contribution in [3.63, 3.8) is 0 Å². The quantitative estimate of drug-likeness (QED) is 0.925. The number of halogens is 2. The Hall–Kier alpha value is -1.18. The molecule has 1 N–H and O–H groups in total. The van der Waals surface area contributed by atoms with Crippen LogP contribution in [0.2, 0.25) is 5.02 Å². The lowest BCUT2D eigenvalue weighted by Gasteiger charge is -2.09. The molecule has 0 atom stereocenters. The molecule has 0 aliphatic rings. The van der Waals surface area contributed by atoms with Gasteiger partial charge in [0.25, 0.3) is 10.0 Å². The minimum absolute atomic E-state index is 0.0933. The second-order valence-electron chi connectivity index (χ2n) is 3.25. The van der Waals surface area contributed by atoms with Crippen molar-refractivity contribution in [1.29, 1.82) is 0 Å². The summed E-state index contributed by atoms with van der Waals surface area (Å²) in [7, 11) is -3.80. The van der Waals surface area contributed by atoms with E-state index in [4.69, 9.17) is 11.6 Å². The van der Waals surface area contributed by atoms with Gasteiger partial charge in [0, 0.05) is 18.6 Å². The summed E-state index contributed by atoms with van der Waals surface area (Å²) in [5.41, 5.74) is 0. The first-order valence-corrected chi connectivity index (χ1v) is 7.39. The lowest BCUT2D eigenvalue weighted by molar-refractivity contribution is 0.600. The highest BCUT2D eigenvalue weighted by atomic mass is 79.9. The van der Waals surface area contributed by atoms with Crippen LogP contribution in [0.5, 0.6) is 0 Å². The van der Waals surface area contributed by atoms with Gasteiger partial charge in [-0.1, -0.05) is 11.6 Å². The highest BCUT2D eigenvalue weighted by molar-refractivity contribution is 9.10. The molecule has 0 radical (unpaired) electrons. The fraction of sp³-hybridized carbons (Fsp3) is 0. The van der Waals surface area contributed by atoms with Gasteiger partial charge >= 0.3 is 0 Å². The van der Waals surface area contributed by atoms with Crippen LogP contribution in [-0.4, -0.2) is 18.4 Å². The monoisotopic (exact) mass is 347 g/mol. The van der Waals surface area contributed by atoms with E-state index >= 15 is 0 Å². The lowest BCUT2D eigenvalue weighted by Crippen LogP contribution is -2.15. The van der Waals surface area contributed by atoms with Crippen LogP contribution in [0.4, 0.5) is 5.82 Å². The van der Waals surface area contributed by atoms with Crippen LogP contribution in [0.15, 0.2) is 46.2 Å².